The molecule has 0 heterocycles. The SMILES string of the molecule is CC/C=C\C/C=C\C/C=C\C/C=C\C/C=C\CCCCCCCCCCCCCC(=O)OCC(O)COP(=O)(O)OCC(O)COP(=O)(O)OCC(COC(=O)CCCCCCCCC/C=C\C/C=C\C/C=C\C/C=C\C/C=C\CC)OC(=O)CCCCCCC/C=C\CCCCCC. The third-order valence-corrected chi connectivity index (χ3v) is 17.7. The van der Waals surface area contributed by atoms with Crippen molar-refractivity contribution in [2.75, 3.05) is 39.6 Å². The number of carbonyl (C=O) groups excluding carboxylic acids is 3. The first-order valence-corrected chi connectivity index (χ1v) is 41.5. The van der Waals surface area contributed by atoms with Crippen LogP contribution in [0.15, 0.2) is 134 Å². The Labute approximate surface area is 601 Å². The molecule has 0 rings (SSSR count). The van der Waals surface area contributed by atoms with E-state index in [0.717, 1.165) is 173 Å². The second kappa shape index (κ2) is 73.4. The van der Waals surface area contributed by atoms with Crippen LogP contribution in [-0.2, 0) is 55.8 Å². The van der Waals surface area contributed by atoms with Gasteiger partial charge in [0.1, 0.15) is 25.4 Å². The maximum atomic E-state index is 12.9. The number of rotatable bonds is 72. The van der Waals surface area contributed by atoms with E-state index in [1.165, 1.54) is 70.6 Å². The molecule has 568 valence electrons. The molecule has 99 heavy (non-hydrogen) atoms. The van der Waals surface area contributed by atoms with E-state index in [0.29, 0.717) is 19.3 Å². The Morgan fingerprint density at radius 1 is 0.293 bits per heavy atom. The largest absolute Gasteiger partial charge is 0.472 e. The fourth-order valence-corrected chi connectivity index (χ4v) is 11.6. The van der Waals surface area contributed by atoms with Gasteiger partial charge in [-0.1, -0.05) is 283 Å². The van der Waals surface area contributed by atoms with Crippen molar-refractivity contribution in [1.82, 2.24) is 0 Å². The first kappa shape index (κ1) is 94.7. The number of carbonyl (C=O) groups is 3. The fourth-order valence-electron chi connectivity index (χ4n) is 10.0. The van der Waals surface area contributed by atoms with E-state index in [-0.39, 0.29) is 19.3 Å². The highest BCUT2D eigenvalue weighted by molar-refractivity contribution is 7.47. The molecule has 0 amide bonds. The van der Waals surface area contributed by atoms with Gasteiger partial charge in [-0.3, -0.25) is 32.5 Å². The summed E-state index contributed by atoms with van der Waals surface area (Å²) in [6.45, 7) is 2.42. The second-order valence-electron chi connectivity index (χ2n) is 25.4. The van der Waals surface area contributed by atoms with E-state index in [1.54, 1.807) is 0 Å². The lowest BCUT2D eigenvalue weighted by atomic mass is 10.0. The number of aliphatic hydroxyl groups is 2. The lowest BCUT2D eigenvalue weighted by molar-refractivity contribution is -0.161. The molecule has 5 unspecified atom stereocenters. The number of phosphoric acid groups is 2. The van der Waals surface area contributed by atoms with E-state index < -0.39 is 91.5 Å². The summed E-state index contributed by atoms with van der Waals surface area (Å²) < 4.78 is 61.1. The summed E-state index contributed by atoms with van der Waals surface area (Å²) in [5.74, 6) is -1.60. The molecule has 16 nitrogen and oxygen atoms in total. The quantitative estimate of drug-likeness (QED) is 0.0146. The molecule has 18 heteroatoms. The molecular weight excluding hydrogens is 1290 g/mol. The summed E-state index contributed by atoms with van der Waals surface area (Å²) in [4.78, 5) is 58.6. The van der Waals surface area contributed by atoms with E-state index in [1.807, 2.05) is 0 Å². The Kier molecular flexibility index (Phi) is 70.2. The maximum absolute atomic E-state index is 12.9. The Balaban J connectivity index is 4.54. The zero-order valence-corrected chi connectivity index (χ0v) is 63.7. The smallest absolute Gasteiger partial charge is 0.463 e. The number of allylic oxidation sites excluding steroid dienone is 22. The van der Waals surface area contributed by atoms with Crippen LogP contribution in [0.1, 0.15) is 303 Å². The van der Waals surface area contributed by atoms with E-state index in [4.69, 9.17) is 32.3 Å². The number of esters is 3. The molecule has 0 aromatic rings. The van der Waals surface area contributed by atoms with Crippen molar-refractivity contribution >= 4 is 33.6 Å². The molecule has 0 fully saturated rings. The number of aliphatic hydroxyl groups excluding tert-OH is 2. The Hall–Kier alpha value is -4.31. The van der Waals surface area contributed by atoms with Gasteiger partial charge in [0, 0.05) is 19.3 Å². The van der Waals surface area contributed by atoms with Gasteiger partial charge in [0.2, 0.25) is 0 Å². The fraction of sp³-hybridized carbons (Fsp3) is 0.691. The summed E-state index contributed by atoms with van der Waals surface area (Å²) in [6.07, 6.45) is 87.8. The van der Waals surface area contributed by atoms with Crippen molar-refractivity contribution in [3.63, 3.8) is 0 Å². The van der Waals surface area contributed by atoms with Crippen molar-refractivity contribution in [2.24, 2.45) is 0 Å². The van der Waals surface area contributed by atoms with Crippen LogP contribution in [0.5, 0.6) is 0 Å². The van der Waals surface area contributed by atoms with Gasteiger partial charge in [0.25, 0.3) is 0 Å². The second-order valence-corrected chi connectivity index (χ2v) is 28.3. The van der Waals surface area contributed by atoms with Crippen molar-refractivity contribution in [3.8, 4) is 0 Å². The highest BCUT2D eigenvalue weighted by Crippen LogP contribution is 2.45. The Bertz CT molecular complexity index is 2330. The van der Waals surface area contributed by atoms with Crippen LogP contribution in [0.2, 0.25) is 0 Å². The molecule has 0 saturated carbocycles. The first-order valence-electron chi connectivity index (χ1n) is 38.5. The van der Waals surface area contributed by atoms with Gasteiger partial charge in [-0.15, -0.1) is 0 Å². The maximum Gasteiger partial charge on any atom is 0.472 e. The van der Waals surface area contributed by atoms with Gasteiger partial charge in [-0.2, -0.15) is 0 Å². The first-order chi connectivity index (χ1) is 48.2. The predicted molar refractivity (Wildman–Crippen MR) is 408 cm³/mol. The Morgan fingerprint density at radius 3 is 0.859 bits per heavy atom. The molecule has 0 spiro atoms. The molecule has 0 bridgehead atoms. The summed E-state index contributed by atoms with van der Waals surface area (Å²) in [5.41, 5.74) is 0. The van der Waals surface area contributed by atoms with Gasteiger partial charge < -0.3 is 34.2 Å². The van der Waals surface area contributed by atoms with Gasteiger partial charge in [-0.25, -0.2) is 9.13 Å². The van der Waals surface area contributed by atoms with E-state index >= 15 is 0 Å². The number of hydrogen-bond acceptors (Lipinski definition) is 14. The van der Waals surface area contributed by atoms with Crippen molar-refractivity contribution in [3.05, 3.63) is 134 Å². The molecule has 0 saturated heterocycles. The van der Waals surface area contributed by atoms with Crippen LogP contribution in [0, 0.1) is 0 Å². The van der Waals surface area contributed by atoms with Gasteiger partial charge >= 0.3 is 33.6 Å². The average Bonchev–Trinajstić information content (AvgIpc) is 1.04. The van der Waals surface area contributed by atoms with Crippen molar-refractivity contribution in [2.45, 2.75) is 322 Å². The van der Waals surface area contributed by atoms with E-state index in [9.17, 15) is 43.5 Å². The number of ether oxygens (including phenoxy) is 3. The summed E-state index contributed by atoms with van der Waals surface area (Å²) in [6, 6.07) is 0. The molecule has 0 aromatic heterocycles. The molecule has 5 atom stereocenters. The number of phosphoric ester groups is 2. The molecule has 4 N–H and O–H groups in total. The van der Waals surface area contributed by atoms with Gasteiger partial charge in [-0.05, 0) is 135 Å². The molecule has 0 aromatic carbocycles. The molecular formula is C81H138O16P2. The van der Waals surface area contributed by atoms with Crippen LogP contribution in [0.3, 0.4) is 0 Å². The van der Waals surface area contributed by atoms with Crippen LogP contribution in [0.25, 0.3) is 0 Å². The van der Waals surface area contributed by atoms with Crippen molar-refractivity contribution in [1.29, 1.82) is 0 Å². The predicted octanol–water partition coefficient (Wildman–Crippen LogP) is 22.3. The zero-order valence-electron chi connectivity index (χ0n) is 61.9. The zero-order chi connectivity index (χ0) is 72.3. The summed E-state index contributed by atoms with van der Waals surface area (Å²) in [7, 11) is -9.79. The standard InChI is InChI=1S/C81H138O16P2/c1-4-7-10-13-16-19-22-25-27-29-31-33-35-36-37-38-40-42-43-45-47-50-52-55-58-61-64-67-79(84)91-70-76(82)71-93-98(87,88)94-72-77(83)73-95-99(89,90)96-75-78(97-81(86)69-66-63-60-57-54-49-24-21-18-15-12-9-6-3)74-92-80(85)68-65-62-59-56-53-51-48-46-44-41-39-34-32-30-28-26-23-20-17-14-11-8-5-2/h7-8,10-11,16-17,19-21,24-28,31-34,36-37,41,44,76-78,82-83H,4-6,9,12-15,18,22-23,29-30,35,38-40,42-43,45-75H2,1-3H3,(H,87,88)(H,89,90)/b10-7-,11-8-,19-16-,20-17-,24-21-,27-25-,28-26-,33-31-,34-32-,37-36-,44-41-. The van der Waals surface area contributed by atoms with Gasteiger partial charge in [0.15, 0.2) is 6.10 Å². The minimum atomic E-state index is -4.93. The van der Waals surface area contributed by atoms with Crippen LogP contribution >= 0.6 is 15.6 Å². The Morgan fingerprint density at radius 2 is 0.535 bits per heavy atom. The third-order valence-electron chi connectivity index (χ3n) is 15.8. The summed E-state index contributed by atoms with van der Waals surface area (Å²) >= 11 is 0. The molecule has 0 aliphatic heterocycles. The molecule has 0 aliphatic rings. The minimum Gasteiger partial charge on any atom is -0.463 e. The van der Waals surface area contributed by atoms with Crippen molar-refractivity contribution < 1.29 is 75.8 Å². The third kappa shape index (κ3) is 74.7. The minimum absolute atomic E-state index is 0.0895. The lowest BCUT2D eigenvalue weighted by Gasteiger charge is -2.21. The highest BCUT2D eigenvalue weighted by Gasteiger charge is 2.29. The van der Waals surface area contributed by atoms with Gasteiger partial charge in [0.05, 0.1) is 26.4 Å². The monoisotopic (exact) mass is 1430 g/mol. The molecule has 0 radical (unpaired) electrons. The highest BCUT2D eigenvalue weighted by atomic mass is 31.2. The molecule has 0 aliphatic carbocycles. The average molecular weight is 1430 g/mol. The number of unbranched alkanes of at least 4 members (excludes halogenated alkanes) is 27. The van der Waals surface area contributed by atoms with Crippen LogP contribution in [0.4, 0.5) is 0 Å². The van der Waals surface area contributed by atoms with Crippen LogP contribution < -0.4 is 0 Å². The van der Waals surface area contributed by atoms with Crippen LogP contribution in [-0.4, -0.2) is 95.9 Å². The summed E-state index contributed by atoms with van der Waals surface area (Å²) in [5, 5.41) is 20.6. The van der Waals surface area contributed by atoms with E-state index in [2.05, 4.69) is 154 Å². The lowest BCUT2D eigenvalue weighted by Crippen LogP contribution is -2.30. The normalized spacial score (nSPS) is 14.8. The topological polar surface area (TPSA) is 231 Å². The number of hydrogen-bond donors (Lipinski definition) is 4.